The Bertz CT molecular complexity index is 312. The molecule has 0 amide bonds. The molecule has 6 heteroatoms. The van der Waals surface area contributed by atoms with Crippen LogP contribution in [0.5, 0.6) is 0 Å². The Kier molecular flexibility index (Phi) is 10.4. The molecule has 0 aromatic heterocycles. The van der Waals surface area contributed by atoms with Gasteiger partial charge in [0.05, 0.1) is 19.6 Å². The average Bonchev–Trinajstić information content (AvgIpc) is 2.52. The lowest BCUT2D eigenvalue weighted by molar-refractivity contribution is -0.151. The summed E-state index contributed by atoms with van der Waals surface area (Å²) < 4.78 is 5.55. The first-order valence-corrected chi connectivity index (χ1v) is 8.91. The largest absolute Gasteiger partial charge is 0.462 e. The Morgan fingerprint density at radius 3 is 2.30 bits per heavy atom. The Labute approximate surface area is 140 Å². The first kappa shape index (κ1) is 20.4. The Balaban J connectivity index is 2.18. The summed E-state index contributed by atoms with van der Waals surface area (Å²) in [5.41, 5.74) is 0. The fourth-order valence-corrected chi connectivity index (χ4v) is 2.80. The first-order chi connectivity index (χ1) is 11.0. The van der Waals surface area contributed by atoms with Crippen LogP contribution in [0.1, 0.15) is 39.5 Å². The standard InChI is InChI=1S/C17H34N2O4/c1-15(2)3-7-18-8-4-16(5-9-18)23-17(22)6-10-19(11-13-20)12-14-21/h15-16,20-21H,3-14H2,1-2H3. The average molecular weight is 330 g/mol. The molecule has 1 saturated heterocycles. The van der Waals surface area contributed by atoms with Crippen molar-refractivity contribution in [3.05, 3.63) is 0 Å². The number of esters is 1. The SMILES string of the molecule is CC(C)CCN1CCC(OC(=O)CCN(CCO)CCO)CC1. The number of hydrogen-bond acceptors (Lipinski definition) is 6. The van der Waals surface area contributed by atoms with Gasteiger partial charge in [0, 0.05) is 32.7 Å². The van der Waals surface area contributed by atoms with E-state index < -0.39 is 0 Å². The third-order valence-corrected chi connectivity index (χ3v) is 4.32. The van der Waals surface area contributed by atoms with Crippen molar-refractivity contribution in [3.8, 4) is 0 Å². The molecule has 1 aliphatic rings. The lowest BCUT2D eigenvalue weighted by Crippen LogP contribution is -2.39. The number of likely N-dealkylation sites (tertiary alicyclic amines) is 1. The summed E-state index contributed by atoms with van der Waals surface area (Å²) in [4.78, 5) is 16.3. The normalized spacial score (nSPS) is 17.1. The molecule has 6 nitrogen and oxygen atoms in total. The monoisotopic (exact) mass is 330 g/mol. The number of piperidine rings is 1. The van der Waals surface area contributed by atoms with Crippen molar-refractivity contribution in [2.75, 3.05) is 52.5 Å². The summed E-state index contributed by atoms with van der Waals surface area (Å²) in [6, 6.07) is 0. The zero-order valence-corrected chi connectivity index (χ0v) is 14.7. The number of hydrogen-bond donors (Lipinski definition) is 2. The maximum absolute atomic E-state index is 11.9. The number of aliphatic hydroxyl groups is 2. The van der Waals surface area contributed by atoms with Crippen molar-refractivity contribution in [1.29, 1.82) is 0 Å². The van der Waals surface area contributed by atoms with Gasteiger partial charge in [-0.1, -0.05) is 13.8 Å². The molecule has 0 saturated carbocycles. The van der Waals surface area contributed by atoms with E-state index in [1.165, 1.54) is 6.42 Å². The van der Waals surface area contributed by atoms with Crippen molar-refractivity contribution >= 4 is 5.97 Å². The number of ether oxygens (including phenoxy) is 1. The van der Waals surface area contributed by atoms with Gasteiger partial charge in [0.25, 0.3) is 0 Å². The lowest BCUT2D eigenvalue weighted by Gasteiger charge is -2.32. The number of aliphatic hydroxyl groups excluding tert-OH is 2. The fourth-order valence-electron chi connectivity index (χ4n) is 2.80. The number of carbonyl (C=O) groups is 1. The van der Waals surface area contributed by atoms with Gasteiger partial charge in [-0.25, -0.2) is 0 Å². The van der Waals surface area contributed by atoms with Crippen LogP contribution in [0.15, 0.2) is 0 Å². The van der Waals surface area contributed by atoms with Gasteiger partial charge in [0.1, 0.15) is 6.10 Å². The Morgan fingerprint density at radius 1 is 1.17 bits per heavy atom. The van der Waals surface area contributed by atoms with Crippen molar-refractivity contribution in [2.45, 2.75) is 45.6 Å². The van der Waals surface area contributed by atoms with Gasteiger partial charge in [-0.15, -0.1) is 0 Å². The van der Waals surface area contributed by atoms with E-state index in [4.69, 9.17) is 14.9 Å². The van der Waals surface area contributed by atoms with Gasteiger partial charge in [-0.05, 0) is 31.7 Å². The molecule has 0 aromatic carbocycles. The highest BCUT2D eigenvalue weighted by Crippen LogP contribution is 2.15. The van der Waals surface area contributed by atoms with Gasteiger partial charge >= 0.3 is 5.97 Å². The second-order valence-corrected chi connectivity index (χ2v) is 6.75. The van der Waals surface area contributed by atoms with Crippen molar-refractivity contribution in [3.63, 3.8) is 0 Å². The van der Waals surface area contributed by atoms with Crippen LogP contribution in [-0.2, 0) is 9.53 Å². The quantitative estimate of drug-likeness (QED) is 0.544. The predicted molar refractivity (Wildman–Crippen MR) is 90.2 cm³/mol. The topological polar surface area (TPSA) is 73.2 Å². The summed E-state index contributed by atoms with van der Waals surface area (Å²) in [6.07, 6.45) is 3.41. The van der Waals surface area contributed by atoms with Gasteiger partial charge in [-0.3, -0.25) is 9.69 Å². The highest BCUT2D eigenvalue weighted by Gasteiger charge is 2.22. The van der Waals surface area contributed by atoms with E-state index in [2.05, 4.69) is 18.7 Å². The minimum atomic E-state index is -0.175. The van der Waals surface area contributed by atoms with Gasteiger partial charge in [0.15, 0.2) is 0 Å². The van der Waals surface area contributed by atoms with Crippen molar-refractivity contribution in [2.24, 2.45) is 5.92 Å². The molecule has 0 spiro atoms. The zero-order valence-electron chi connectivity index (χ0n) is 14.7. The summed E-state index contributed by atoms with van der Waals surface area (Å²) in [7, 11) is 0. The maximum Gasteiger partial charge on any atom is 0.307 e. The number of carbonyl (C=O) groups excluding carboxylic acids is 1. The summed E-state index contributed by atoms with van der Waals surface area (Å²) >= 11 is 0. The molecule has 1 heterocycles. The molecule has 1 aliphatic heterocycles. The molecule has 0 radical (unpaired) electrons. The van der Waals surface area contributed by atoms with E-state index in [9.17, 15) is 4.79 Å². The van der Waals surface area contributed by atoms with Crippen molar-refractivity contribution in [1.82, 2.24) is 9.80 Å². The summed E-state index contributed by atoms with van der Waals surface area (Å²) in [5.74, 6) is 0.554. The van der Waals surface area contributed by atoms with Gasteiger partial charge in [0.2, 0.25) is 0 Å². The molecular formula is C17H34N2O4. The smallest absolute Gasteiger partial charge is 0.307 e. The highest BCUT2D eigenvalue weighted by molar-refractivity contribution is 5.69. The minimum Gasteiger partial charge on any atom is -0.462 e. The van der Waals surface area contributed by atoms with Crippen LogP contribution < -0.4 is 0 Å². The van der Waals surface area contributed by atoms with Gasteiger partial charge in [-0.2, -0.15) is 0 Å². The van der Waals surface area contributed by atoms with E-state index in [1.807, 2.05) is 4.90 Å². The summed E-state index contributed by atoms with van der Waals surface area (Å²) in [6.45, 7) is 9.16. The maximum atomic E-state index is 11.9. The van der Waals surface area contributed by atoms with E-state index in [0.29, 0.717) is 26.1 Å². The third kappa shape index (κ3) is 9.25. The Morgan fingerprint density at radius 2 is 1.78 bits per heavy atom. The van der Waals surface area contributed by atoms with Crippen LogP contribution in [0.3, 0.4) is 0 Å². The zero-order chi connectivity index (χ0) is 17.1. The molecule has 0 aromatic rings. The third-order valence-electron chi connectivity index (χ3n) is 4.32. The molecule has 0 aliphatic carbocycles. The number of rotatable bonds is 11. The lowest BCUT2D eigenvalue weighted by atomic mass is 10.1. The molecular weight excluding hydrogens is 296 g/mol. The number of nitrogens with zero attached hydrogens (tertiary/aromatic N) is 2. The minimum absolute atomic E-state index is 0.0316. The Hall–Kier alpha value is -0.690. The molecule has 1 fully saturated rings. The summed E-state index contributed by atoms with van der Waals surface area (Å²) in [5, 5.41) is 17.9. The second-order valence-electron chi connectivity index (χ2n) is 6.75. The van der Waals surface area contributed by atoms with E-state index in [0.717, 1.165) is 38.4 Å². The van der Waals surface area contributed by atoms with Crippen LogP contribution in [0.4, 0.5) is 0 Å². The highest BCUT2D eigenvalue weighted by atomic mass is 16.5. The molecule has 1 rings (SSSR count). The van der Waals surface area contributed by atoms with Crippen LogP contribution in [0.25, 0.3) is 0 Å². The second kappa shape index (κ2) is 11.8. The fraction of sp³-hybridized carbons (Fsp3) is 0.941. The van der Waals surface area contributed by atoms with E-state index in [-0.39, 0.29) is 25.3 Å². The van der Waals surface area contributed by atoms with E-state index >= 15 is 0 Å². The van der Waals surface area contributed by atoms with Gasteiger partial charge < -0.3 is 19.8 Å². The molecule has 0 bridgehead atoms. The van der Waals surface area contributed by atoms with Crippen LogP contribution in [-0.4, -0.2) is 84.6 Å². The first-order valence-electron chi connectivity index (χ1n) is 8.91. The van der Waals surface area contributed by atoms with Crippen LogP contribution in [0, 0.1) is 5.92 Å². The van der Waals surface area contributed by atoms with Crippen molar-refractivity contribution < 1.29 is 19.7 Å². The molecule has 0 atom stereocenters. The molecule has 0 unspecified atom stereocenters. The predicted octanol–water partition coefficient (Wildman–Crippen LogP) is 0.717. The molecule has 2 N–H and O–H groups in total. The van der Waals surface area contributed by atoms with Crippen LogP contribution in [0.2, 0.25) is 0 Å². The van der Waals surface area contributed by atoms with Crippen LogP contribution >= 0.6 is 0 Å². The van der Waals surface area contributed by atoms with E-state index in [1.54, 1.807) is 0 Å². The molecule has 136 valence electrons. The molecule has 23 heavy (non-hydrogen) atoms.